The molecule has 126 valence electrons. The third-order valence-electron chi connectivity index (χ3n) is 4.97. The maximum atomic E-state index is 12.6. The maximum absolute atomic E-state index is 12.6. The van der Waals surface area contributed by atoms with Gasteiger partial charge in [-0.05, 0) is 20.8 Å². The monoisotopic (exact) mass is 313 g/mol. The Morgan fingerprint density at radius 1 is 1.14 bits per heavy atom. The van der Waals surface area contributed by atoms with E-state index in [0.717, 1.165) is 0 Å². The van der Waals surface area contributed by atoms with E-state index in [2.05, 4.69) is 13.8 Å². The predicted molar refractivity (Wildman–Crippen MR) is 79.4 cm³/mol. The first-order valence-electron chi connectivity index (χ1n) is 8.03. The fourth-order valence-corrected chi connectivity index (χ4v) is 4.18. The summed E-state index contributed by atoms with van der Waals surface area (Å²) in [5, 5.41) is 0. The van der Waals surface area contributed by atoms with Crippen LogP contribution in [-0.2, 0) is 18.9 Å². The second-order valence-electron chi connectivity index (χ2n) is 7.69. The molecule has 0 spiro atoms. The molecule has 3 aliphatic heterocycles. The molecular weight excluding hydrogens is 286 g/mol. The first-order valence-corrected chi connectivity index (χ1v) is 8.03. The standard InChI is InChI=1S/C16H27NO5/c1-8-10-13-14(21-13)11(9(2)12(8)20-7-19-6)17(10)15(18)22-16(3,4)5/h8-14H,7H2,1-6H3/t8-,9+,10-,11+,12?,13-,14+. The smallest absolute Gasteiger partial charge is 0.410 e. The highest BCUT2D eigenvalue weighted by Gasteiger charge is 2.70. The lowest BCUT2D eigenvalue weighted by Crippen LogP contribution is -2.61. The Kier molecular flexibility index (Phi) is 3.90. The number of fused-ring (bicyclic) bond motifs is 5. The Morgan fingerprint density at radius 2 is 1.68 bits per heavy atom. The van der Waals surface area contributed by atoms with Gasteiger partial charge in [0.25, 0.3) is 0 Å². The van der Waals surface area contributed by atoms with E-state index in [0.29, 0.717) is 0 Å². The van der Waals surface area contributed by atoms with Crippen molar-refractivity contribution >= 4 is 6.09 Å². The Bertz CT molecular complexity index is 426. The normalized spacial score (nSPS) is 43.0. The average molecular weight is 313 g/mol. The van der Waals surface area contributed by atoms with Gasteiger partial charge in [0.1, 0.15) is 24.6 Å². The van der Waals surface area contributed by atoms with Crippen molar-refractivity contribution in [2.24, 2.45) is 11.8 Å². The minimum Gasteiger partial charge on any atom is -0.444 e. The SMILES string of the molecule is COCOC1[C@@H](C)[C@H]2[C@@H]3O[C@@H]3[C@@H]([C@H]1C)N2C(=O)OC(C)(C)C. The Balaban J connectivity index is 1.80. The number of piperidine rings is 1. The van der Waals surface area contributed by atoms with E-state index < -0.39 is 5.60 Å². The van der Waals surface area contributed by atoms with Gasteiger partial charge in [0, 0.05) is 18.9 Å². The number of amides is 1. The average Bonchev–Trinajstić information content (AvgIpc) is 3.10. The number of carbonyl (C=O) groups excluding carboxylic acids is 1. The molecule has 6 heteroatoms. The molecule has 0 aromatic rings. The molecule has 1 amide bonds. The van der Waals surface area contributed by atoms with Gasteiger partial charge >= 0.3 is 6.09 Å². The number of ether oxygens (including phenoxy) is 4. The zero-order chi connectivity index (χ0) is 16.2. The van der Waals surface area contributed by atoms with Crippen molar-refractivity contribution in [3.8, 4) is 0 Å². The van der Waals surface area contributed by atoms with Crippen LogP contribution in [0.15, 0.2) is 0 Å². The molecule has 0 N–H and O–H groups in total. The summed E-state index contributed by atoms with van der Waals surface area (Å²) in [4.78, 5) is 14.5. The minimum absolute atomic E-state index is 0.0305. The van der Waals surface area contributed by atoms with Crippen molar-refractivity contribution < 1.29 is 23.7 Å². The van der Waals surface area contributed by atoms with E-state index in [-0.39, 0.29) is 55.1 Å². The maximum Gasteiger partial charge on any atom is 0.410 e. The van der Waals surface area contributed by atoms with Gasteiger partial charge in [-0.25, -0.2) is 4.79 Å². The predicted octanol–water partition coefficient (Wildman–Crippen LogP) is 2.02. The largest absolute Gasteiger partial charge is 0.444 e. The van der Waals surface area contributed by atoms with Gasteiger partial charge in [-0.15, -0.1) is 0 Å². The molecule has 0 aromatic heterocycles. The summed E-state index contributed by atoms with van der Waals surface area (Å²) in [6.07, 6.45) is 0.101. The van der Waals surface area contributed by atoms with E-state index in [4.69, 9.17) is 18.9 Å². The molecule has 3 saturated heterocycles. The van der Waals surface area contributed by atoms with Crippen LogP contribution < -0.4 is 0 Å². The minimum atomic E-state index is -0.489. The zero-order valence-electron chi connectivity index (χ0n) is 14.2. The molecule has 0 saturated carbocycles. The van der Waals surface area contributed by atoms with Crippen LogP contribution in [0.2, 0.25) is 0 Å². The third kappa shape index (κ3) is 2.51. The summed E-state index contributed by atoms with van der Waals surface area (Å²) in [6.45, 7) is 10.2. The number of rotatable bonds is 3. The lowest BCUT2D eigenvalue weighted by atomic mass is 9.81. The molecule has 22 heavy (non-hydrogen) atoms. The molecule has 3 heterocycles. The first kappa shape index (κ1) is 16.0. The van der Waals surface area contributed by atoms with E-state index in [1.54, 1.807) is 7.11 Å². The van der Waals surface area contributed by atoms with Crippen LogP contribution in [0.4, 0.5) is 4.79 Å². The second kappa shape index (κ2) is 5.35. The van der Waals surface area contributed by atoms with Crippen molar-refractivity contribution in [3.05, 3.63) is 0 Å². The van der Waals surface area contributed by atoms with Crippen LogP contribution in [0.5, 0.6) is 0 Å². The van der Waals surface area contributed by atoms with Gasteiger partial charge in [-0.3, -0.25) is 4.90 Å². The lowest BCUT2D eigenvalue weighted by Gasteiger charge is -2.48. The number of hydrogen-bond acceptors (Lipinski definition) is 5. The fourth-order valence-electron chi connectivity index (χ4n) is 4.18. The molecule has 0 radical (unpaired) electrons. The third-order valence-corrected chi connectivity index (χ3v) is 4.97. The van der Waals surface area contributed by atoms with Crippen LogP contribution in [0.3, 0.4) is 0 Å². The number of morpholine rings is 1. The Morgan fingerprint density at radius 3 is 2.14 bits per heavy atom. The van der Waals surface area contributed by atoms with E-state index >= 15 is 0 Å². The van der Waals surface area contributed by atoms with E-state index in [9.17, 15) is 4.79 Å². The highest BCUT2D eigenvalue weighted by atomic mass is 16.7. The number of hydrogen-bond donors (Lipinski definition) is 0. The van der Waals surface area contributed by atoms with Crippen molar-refractivity contribution in [1.82, 2.24) is 4.90 Å². The van der Waals surface area contributed by atoms with Crippen molar-refractivity contribution in [3.63, 3.8) is 0 Å². The van der Waals surface area contributed by atoms with Crippen LogP contribution >= 0.6 is 0 Å². The molecule has 3 fully saturated rings. The summed E-state index contributed by atoms with van der Waals surface area (Å²) in [6, 6.07) is 0.0609. The highest BCUT2D eigenvalue weighted by Crippen LogP contribution is 2.53. The van der Waals surface area contributed by atoms with E-state index in [1.165, 1.54) is 0 Å². The van der Waals surface area contributed by atoms with Gasteiger partial charge in [-0.2, -0.15) is 0 Å². The molecule has 6 nitrogen and oxygen atoms in total. The van der Waals surface area contributed by atoms with Crippen LogP contribution in [0, 0.1) is 11.8 Å². The van der Waals surface area contributed by atoms with Gasteiger partial charge in [-0.1, -0.05) is 13.8 Å². The number of carbonyl (C=O) groups is 1. The zero-order valence-corrected chi connectivity index (χ0v) is 14.2. The Labute approximate surface area is 132 Å². The van der Waals surface area contributed by atoms with Crippen molar-refractivity contribution in [2.75, 3.05) is 13.9 Å². The molecule has 3 aliphatic rings. The van der Waals surface area contributed by atoms with Crippen molar-refractivity contribution in [1.29, 1.82) is 0 Å². The highest BCUT2D eigenvalue weighted by molar-refractivity contribution is 5.71. The molecule has 3 rings (SSSR count). The van der Waals surface area contributed by atoms with Crippen LogP contribution in [0.1, 0.15) is 34.6 Å². The van der Waals surface area contributed by atoms with Crippen molar-refractivity contribution in [2.45, 2.75) is 70.6 Å². The van der Waals surface area contributed by atoms with E-state index in [1.807, 2.05) is 25.7 Å². The van der Waals surface area contributed by atoms with Gasteiger partial charge in [0.15, 0.2) is 0 Å². The fraction of sp³-hybridized carbons (Fsp3) is 0.938. The first-order chi connectivity index (χ1) is 10.3. The summed E-state index contributed by atoms with van der Waals surface area (Å²) in [5.41, 5.74) is -0.489. The molecule has 7 atom stereocenters. The lowest BCUT2D eigenvalue weighted by molar-refractivity contribution is -0.156. The number of methoxy groups -OCH3 is 1. The molecule has 0 aromatic carbocycles. The van der Waals surface area contributed by atoms with Gasteiger partial charge in [0.2, 0.25) is 0 Å². The number of nitrogens with zero attached hydrogens (tertiary/aromatic N) is 1. The molecule has 1 unspecified atom stereocenters. The molecule has 0 aliphatic carbocycles. The van der Waals surface area contributed by atoms with Gasteiger partial charge in [0.05, 0.1) is 18.2 Å². The number of epoxide rings is 1. The molecular formula is C16H27NO5. The topological polar surface area (TPSA) is 60.5 Å². The molecule has 2 bridgehead atoms. The van der Waals surface area contributed by atoms with Crippen LogP contribution in [-0.4, -0.2) is 60.9 Å². The van der Waals surface area contributed by atoms with Crippen LogP contribution in [0.25, 0.3) is 0 Å². The van der Waals surface area contributed by atoms with Gasteiger partial charge < -0.3 is 18.9 Å². The summed E-state index contributed by atoms with van der Waals surface area (Å²) in [5.74, 6) is 0.373. The second-order valence-corrected chi connectivity index (χ2v) is 7.69. The summed E-state index contributed by atoms with van der Waals surface area (Å²) >= 11 is 0. The Hall–Kier alpha value is -0.850. The summed E-state index contributed by atoms with van der Waals surface area (Å²) < 4.78 is 22.3. The quantitative estimate of drug-likeness (QED) is 0.589. The summed E-state index contributed by atoms with van der Waals surface area (Å²) in [7, 11) is 1.63.